The molecule has 1 aliphatic heterocycles. The van der Waals surface area contributed by atoms with Crippen molar-refractivity contribution in [2.45, 2.75) is 38.7 Å². The third-order valence-corrected chi connectivity index (χ3v) is 5.90. The Morgan fingerprint density at radius 2 is 1.97 bits per heavy atom. The lowest BCUT2D eigenvalue weighted by atomic mass is 10.1. The summed E-state index contributed by atoms with van der Waals surface area (Å²) >= 11 is 5.95. The summed E-state index contributed by atoms with van der Waals surface area (Å²) in [5.41, 5.74) is 3.69. The first-order valence-electron chi connectivity index (χ1n) is 10.1. The lowest BCUT2D eigenvalue weighted by Crippen LogP contribution is -2.30. The number of imidazole rings is 1. The van der Waals surface area contributed by atoms with Crippen LogP contribution in [0.4, 0.5) is 10.5 Å². The Balaban J connectivity index is 1.55. The molecule has 0 radical (unpaired) electrons. The van der Waals surface area contributed by atoms with Crippen molar-refractivity contribution in [1.29, 1.82) is 0 Å². The summed E-state index contributed by atoms with van der Waals surface area (Å²) in [6.45, 7) is 3.69. The summed E-state index contributed by atoms with van der Waals surface area (Å²) in [4.78, 5) is 32.1. The van der Waals surface area contributed by atoms with Gasteiger partial charge in [-0.1, -0.05) is 11.6 Å². The van der Waals surface area contributed by atoms with Gasteiger partial charge in [0.25, 0.3) is 0 Å². The van der Waals surface area contributed by atoms with Gasteiger partial charge in [-0.15, -0.1) is 5.10 Å². The quantitative estimate of drug-likeness (QED) is 0.564. The van der Waals surface area contributed by atoms with Crippen LogP contribution in [0.3, 0.4) is 0 Å². The van der Waals surface area contributed by atoms with Crippen LogP contribution in [-0.4, -0.2) is 50.0 Å². The number of aryl methyl sites for hydroxylation is 1. The van der Waals surface area contributed by atoms with Crippen molar-refractivity contribution in [3.8, 4) is 5.75 Å². The van der Waals surface area contributed by atoms with Crippen molar-refractivity contribution >= 4 is 34.9 Å². The number of imide groups is 1. The first kappa shape index (κ1) is 19.7. The first-order chi connectivity index (χ1) is 14.8. The smallest absolute Gasteiger partial charge is 0.331 e. The maximum absolute atomic E-state index is 12.7. The average molecular weight is 441 g/mol. The maximum Gasteiger partial charge on any atom is 0.331 e. The van der Waals surface area contributed by atoms with Crippen molar-refractivity contribution in [2.75, 3.05) is 18.5 Å². The molecule has 4 heterocycles. The van der Waals surface area contributed by atoms with Crippen molar-refractivity contribution in [3.05, 3.63) is 46.6 Å². The number of ether oxygens (including phenoxy) is 1. The molecule has 0 N–H and O–H groups in total. The van der Waals surface area contributed by atoms with Gasteiger partial charge in [-0.05, 0) is 44.2 Å². The number of rotatable bonds is 5. The van der Waals surface area contributed by atoms with E-state index in [9.17, 15) is 9.59 Å². The van der Waals surface area contributed by atoms with E-state index in [1.54, 1.807) is 13.0 Å². The van der Waals surface area contributed by atoms with Crippen LogP contribution in [0.15, 0.2) is 24.5 Å². The summed E-state index contributed by atoms with van der Waals surface area (Å²) in [5, 5.41) is 8.04. The first-order valence-corrected chi connectivity index (χ1v) is 10.5. The summed E-state index contributed by atoms with van der Waals surface area (Å²) < 4.78 is 7.96. The Bertz CT molecular complexity index is 1220. The molecule has 3 aromatic heterocycles. The highest BCUT2D eigenvalue weighted by atomic mass is 35.5. The number of anilines is 1. The van der Waals surface area contributed by atoms with Crippen molar-refractivity contribution < 1.29 is 14.3 Å². The molecule has 1 atom stereocenters. The van der Waals surface area contributed by atoms with E-state index in [0.29, 0.717) is 34.4 Å². The van der Waals surface area contributed by atoms with Gasteiger partial charge >= 0.3 is 6.03 Å². The minimum absolute atomic E-state index is 0.00768. The Kier molecular flexibility index (Phi) is 4.58. The second kappa shape index (κ2) is 7.19. The SMILES string of the molecule is Cc1nnc(Cl)cc1OC(C)c1cn2cc(C3CC3)cc(N3CC(=O)N(C)C3=O)c2n1. The van der Waals surface area contributed by atoms with Crippen LogP contribution in [0.1, 0.15) is 48.7 Å². The highest BCUT2D eigenvalue weighted by Gasteiger charge is 2.36. The molecule has 3 aromatic rings. The molecule has 1 saturated carbocycles. The summed E-state index contributed by atoms with van der Waals surface area (Å²) in [6, 6.07) is 3.26. The van der Waals surface area contributed by atoms with E-state index in [-0.39, 0.29) is 23.6 Å². The second-order valence-corrected chi connectivity index (χ2v) is 8.42. The van der Waals surface area contributed by atoms with E-state index < -0.39 is 6.10 Å². The molecule has 2 fully saturated rings. The lowest BCUT2D eigenvalue weighted by Gasteiger charge is -2.17. The standard InChI is InChI=1S/C21H21ClN6O3/c1-11-17(7-18(22)25-24-11)31-12(2)15-9-27-8-14(13-4-5-13)6-16(20(27)23-15)28-10-19(29)26(3)21(28)30/h6-9,12-13H,4-5,10H2,1-3H3. The summed E-state index contributed by atoms with van der Waals surface area (Å²) in [6.07, 6.45) is 5.78. The average Bonchev–Trinajstić information content (AvgIpc) is 3.45. The van der Waals surface area contributed by atoms with Crippen LogP contribution < -0.4 is 9.64 Å². The number of hydrogen-bond acceptors (Lipinski definition) is 6. The highest BCUT2D eigenvalue weighted by Crippen LogP contribution is 2.42. The molecular weight excluding hydrogens is 420 g/mol. The fraction of sp³-hybridized carbons (Fsp3) is 0.381. The van der Waals surface area contributed by atoms with E-state index in [1.165, 1.54) is 11.9 Å². The summed E-state index contributed by atoms with van der Waals surface area (Å²) in [7, 11) is 1.50. The Morgan fingerprint density at radius 3 is 2.65 bits per heavy atom. The molecule has 2 aliphatic rings. The number of carbonyl (C=O) groups is 2. The molecule has 1 saturated heterocycles. The van der Waals surface area contributed by atoms with Gasteiger partial charge in [0.15, 0.2) is 10.8 Å². The Labute approximate surface area is 183 Å². The minimum atomic E-state index is -0.394. The third-order valence-electron chi connectivity index (χ3n) is 5.72. The van der Waals surface area contributed by atoms with Crippen molar-refractivity contribution in [1.82, 2.24) is 24.5 Å². The molecule has 10 heteroatoms. The predicted octanol–water partition coefficient (Wildman–Crippen LogP) is 3.50. The normalized spacial score (nSPS) is 17.7. The van der Waals surface area contributed by atoms with Crippen LogP contribution in [-0.2, 0) is 4.79 Å². The molecule has 0 spiro atoms. The van der Waals surface area contributed by atoms with Gasteiger partial charge < -0.3 is 9.14 Å². The number of fused-ring (bicyclic) bond motifs is 1. The molecule has 31 heavy (non-hydrogen) atoms. The number of carbonyl (C=O) groups excluding carboxylic acids is 2. The van der Waals surface area contributed by atoms with Gasteiger partial charge in [0.2, 0.25) is 5.91 Å². The fourth-order valence-electron chi connectivity index (χ4n) is 3.72. The molecule has 0 aromatic carbocycles. The van der Waals surface area contributed by atoms with E-state index in [1.807, 2.05) is 29.8 Å². The number of amides is 3. The van der Waals surface area contributed by atoms with E-state index in [2.05, 4.69) is 10.2 Å². The molecule has 1 aliphatic carbocycles. The zero-order valence-electron chi connectivity index (χ0n) is 17.4. The fourth-order valence-corrected chi connectivity index (χ4v) is 3.86. The second-order valence-electron chi connectivity index (χ2n) is 8.03. The van der Waals surface area contributed by atoms with E-state index in [4.69, 9.17) is 21.3 Å². The predicted molar refractivity (Wildman–Crippen MR) is 114 cm³/mol. The highest BCUT2D eigenvalue weighted by molar-refractivity contribution is 6.29. The molecule has 160 valence electrons. The topological polar surface area (TPSA) is 92.9 Å². The number of hydrogen-bond donors (Lipinski definition) is 0. The lowest BCUT2D eigenvalue weighted by molar-refractivity contribution is -0.123. The van der Waals surface area contributed by atoms with Gasteiger partial charge in [0.1, 0.15) is 24.1 Å². The molecule has 1 unspecified atom stereocenters. The van der Waals surface area contributed by atoms with Crippen LogP contribution in [0.2, 0.25) is 5.15 Å². The Hall–Kier alpha value is -3.20. The number of likely N-dealkylation sites (N-methyl/N-ethyl adjacent to an activating group) is 1. The zero-order chi connectivity index (χ0) is 21.9. The number of aromatic nitrogens is 4. The molecule has 9 nitrogen and oxygen atoms in total. The van der Waals surface area contributed by atoms with E-state index in [0.717, 1.165) is 23.3 Å². The van der Waals surface area contributed by atoms with Gasteiger partial charge in [-0.3, -0.25) is 14.6 Å². The van der Waals surface area contributed by atoms with Gasteiger partial charge in [0, 0.05) is 25.5 Å². The molecule has 5 rings (SSSR count). The van der Waals surface area contributed by atoms with Crippen molar-refractivity contribution in [2.24, 2.45) is 0 Å². The third kappa shape index (κ3) is 3.48. The van der Waals surface area contributed by atoms with Gasteiger partial charge in [0.05, 0.1) is 11.4 Å². The van der Waals surface area contributed by atoms with Gasteiger partial charge in [-0.2, -0.15) is 5.10 Å². The monoisotopic (exact) mass is 440 g/mol. The van der Waals surface area contributed by atoms with Crippen LogP contribution in [0.5, 0.6) is 5.75 Å². The van der Waals surface area contributed by atoms with Crippen LogP contribution in [0.25, 0.3) is 5.65 Å². The van der Waals surface area contributed by atoms with Crippen LogP contribution >= 0.6 is 11.6 Å². The number of pyridine rings is 1. The minimum Gasteiger partial charge on any atom is -0.482 e. The van der Waals surface area contributed by atoms with Crippen molar-refractivity contribution in [3.63, 3.8) is 0 Å². The maximum atomic E-state index is 12.7. The summed E-state index contributed by atoms with van der Waals surface area (Å²) in [5.74, 6) is 0.771. The Morgan fingerprint density at radius 1 is 1.19 bits per heavy atom. The van der Waals surface area contributed by atoms with Gasteiger partial charge in [-0.25, -0.2) is 9.78 Å². The largest absolute Gasteiger partial charge is 0.482 e. The molecule has 0 bridgehead atoms. The number of halogens is 1. The number of nitrogens with zero attached hydrogens (tertiary/aromatic N) is 6. The number of urea groups is 1. The van der Waals surface area contributed by atoms with Crippen LogP contribution in [0, 0.1) is 6.92 Å². The molecular formula is C21H21ClN6O3. The van der Waals surface area contributed by atoms with E-state index >= 15 is 0 Å². The zero-order valence-corrected chi connectivity index (χ0v) is 18.1. The molecule has 3 amide bonds.